The van der Waals surface area contributed by atoms with E-state index in [-0.39, 0.29) is 0 Å². The third-order valence-corrected chi connectivity index (χ3v) is 14.5. The van der Waals surface area contributed by atoms with Gasteiger partial charge in [0.1, 0.15) is 5.69 Å². The molecule has 4 aromatic heterocycles. The molecular formula is C56H30N4S. The van der Waals surface area contributed by atoms with Crippen LogP contribution in [0.15, 0.2) is 182 Å². The molecule has 0 amide bonds. The first kappa shape index (κ1) is 32.0. The summed E-state index contributed by atoms with van der Waals surface area (Å²) in [6, 6.07) is 66.5. The lowest BCUT2D eigenvalue weighted by Gasteiger charge is -2.17. The number of hydrogen-bond acceptors (Lipinski definition) is 3. The summed E-state index contributed by atoms with van der Waals surface area (Å²) in [6.45, 7) is 0. The number of rotatable bonds is 3. The van der Waals surface area contributed by atoms with Gasteiger partial charge in [-0.3, -0.25) is 4.57 Å². The van der Waals surface area contributed by atoms with Gasteiger partial charge in [-0.15, -0.1) is 11.3 Å². The Morgan fingerprint density at radius 2 is 0.984 bits per heavy atom. The zero-order valence-corrected chi connectivity index (χ0v) is 33.3. The van der Waals surface area contributed by atoms with E-state index in [1.807, 2.05) is 11.3 Å². The fourth-order valence-corrected chi connectivity index (χ4v) is 12.1. The first-order valence-electron chi connectivity index (χ1n) is 20.8. The Kier molecular flexibility index (Phi) is 6.01. The summed E-state index contributed by atoms with van der Waals surface area (Å²) in [5.41, 5.74) is 12.0. The van der Waals surface area contributed by atoms with Crippen LogP contribution < -0.4 is 0 Å². The minimum atomic E-state index is 0.825. The molecule has 0 fully saturated rings. The molecule has 0 saturated heterocycles. The van der Waals surface area contributed by atoms with Gasteiger partial charge in [-0.1, -0.05) is 133 Å². The number of para-hydroxylation sites is 2. The normalized spacial score (nSPS) is 12.6. The largest absolute Gasteiger partial charge is 0.309 e. The van der Waals surface area contributed by atoms with E-state index < -0.39 is 0 Å². The smallest absolute Gasteiger partial charge is 0.165 e. The lowest BCUT2D eigenvalue weighted by Crippen LogP contribution is -2.05. The van der Waals surface area contributed by atoms with Gasteiger partial charge in [-0.2, -0.15) is 0 Å². The van der Waals surface area contributed by atoms with Crippen LogP contribution in [0.3, 0.4) is 0 Å². The molecule has 1 aliphatic carbocycles. The van der Waals surface area contributed by atoms with E-state index in [9.17, 15) is 0 Å². The molecule has 280 valence electrons. The standard InChI is InChI=1S/C56H30N4S/c1-2-13-33(14-3-1)59-42-22-9-8-17-36(42)37-26-24-32(30-45(37)59)53-56(58-55-41-19-7-5-16-35(41)34-15-4-6-18-40(34)54(55)57-53)60-43-27-25-31-12-10-20-38-39-21-11-23-46-49(39)52-47(61-46)29-28-44(60)51(52)50(43)48(31)38/h1-30H. The topological polar surface area (TPSA) is 35.6 Å². The number of hydrogen-bond donors (Lipinski definition) is 0. The molecule has 61 heavy (non-hydrogen) atoms. The van der Waals surface area contributed by atoms with Crippen LogP contribution in [0.25, 0.3) is 141 Å². The second kappa shape index (κ2) is 11.4. The monoisotopic (exact) mass is 790 g/mol. The highest BCUT2D eigenvalue weighted by Crippen LogP contribution is 2.52. The quantitative estimate of drug-likeness (QED) is 0.167. The van der Waals surface area contributed by atoms with Crippen LogP contribution in [0, 0.1) is 0 Å². The van der Waals surface area contributed by atoms with Crippen molar-refractivity contribution in [3.05, 3.63) is 182 Å². The van der Waals surface area contributed by atoms with Gasteiger partial charge < -0.3 is 4.57 Å². The summed E-state index contributed by atoms with van der Waals surface area (Å²) in [4.78, 5) is 11.7. The maximum atomic E-state index is 5.89. The molecule has 4 heterocycles. The molecule has 0 N–H and O–H groups in total. The molecule has 14 aromatic rings. The lowest BCUT2D eigenvalue weighted by atomic mass is 9.95. The Balaban J connectivity index is 1.15. The van der Waals surface area contributed by atoms with E-state index in [1.165, 1.54) is 79.9 Å². The molecule has 0 saturated carbocycles. The average molecular weight is 791 g/mol. The van der Waals surface area contributed by atoms with Crippen LogP contribution in [0.2, 0.25) is 0 Å². The lowest BCUT2D eigenvalue weighted by molar-refractivity contribution is 1.08. The first-order valence-corrected chi connectivity index (χ1v) is 21.7. The maximum absolute atomic E-state index is 5.89. The summed E-state index contributed by atoms with van der Waals surface area (Å²) in [6.07, 6.45) is 0. The van der Waals surface area contributed by atoms with Crippen LogP contribution in [-0.4, -0.2) is 19.1 Å². The molecule has 0 unspecified atom stereocenters. The second-order valence-corrected chi connectivity index (χ2v) is 17.5. The first-order chi connectivity index (χ1) is 30.3. The fourth-order valence-electron chi connectivity index (χ4n) is 10.9. The highest BCUT2D eigenvalue weighted by molar-refractivity contribution is 7.26. The van der Waals surface area contributed by atoms with Gasteiger partial charge in [0.2, 0.25) is 0 Å². The molecule has 15 rings (SSSR count). The van der Waals surface area contributed by atoms with Crippen molar-refractivity contribution in [2.24, 2.45) is 0 Å². The molecule has 0 bridgehead atoms. The number of fused-ring (bicyclic) bond motifs is 10. The van der Waals surface area contributed by atoms with Crippen molar-refractivity contribution in [3.63, 3.8) is 0 Å². The Morgan fingerprint density at radius 3 is 1.79 bits per heavy atom. The number of aromatic nitrogens is 4. The summed E-state index contributed by atoms with van der Waals surface area (Å²) in [5.74, 6) is 0.825. The van der Waals surface area contributed by atoms with E-state index in [4.69, 9.17) is 9.97 Å². The fraction of sp³-hybridized carbons (Fsp3) is 0. The minimum absolute atomic E-state index is 0.825. The molecular weight excluding hydrogens is 761 g/mol. The molecule has 0 aliphatic heterocycles. The summed E-state index contributed by atoms with van der Waals surface area (Å²) in [5, 5.41) is 14.8. The van der Waals surface area contributed by atoms with Gasteiger partial charge in [-0.05, 0) is 81.2 Å². The van der Waals surface area contributed by atoms with Crippen molar-refractivity contribution in [1.29, 1.82) is 0 Å². The summed E-state index contributed by atoms with van der Waals surface area (Å²) in [7, 11) is 0. The predicted octanol–water partition coefficient (Wildman–Crippen LogP) is 15.3. The third kappa shape index (κ3) is 4.04. The molecule has 4 nitrogen and oxygen atoms in total. The number of nitrogens with zero attached hydrogens (tertiary/aromatic N) is 4. The average Bonchev–Trinajstić information content (AvgIpc) is 3.95. The number of benzene rings is 10. The van der Waals surface area contributed by atoms with Gasteiger partial charge in [0.25, 0.3) is 0 Å². The van der Waals surface area contributed by atoms with E-state index in [1.54, 1.807) is 0 Å². The molecule has 5 heteroatoms. The van der Waals surface area contributed by atoms with Crippen LogP contribution in [0.5, 0.6) is 0 Å². The van der Waals surface area contributed by atoms with Crippen molar-refractivity contribution < 1.29 is 0 Å². The minimum Gasteiger partial charge on any atom is -0.309 e. The van der Waals surface area contributed by atoms with Gasteiger partial charge in [0.15, 0.2) is 5.82 Å². The van der Waals surface area contributed by atoms with Gasteiger partial charge in [-0.25, -0.2) is 9.97 Å². The Morgan fingerprint density at radius 1 is 0.361 bits per heavy atom. The van der Waals surface area contributed by atoms with Crippen molar-refractivity contribution in [3.8, 4) is 33.9 Å². The maximum Gasteiger partial charge on any atom is 0.165 e. The summed E-state index contributed by atoms with van der Waals surface area (Å²) < 4.78 is 7.44. The Hall–Kier alpha value is -7.86. The van der Waals surface area contributed by atoms with E-state index >= 15 is 0 Å². The van der Waals surface area contributed by atoms with Crippen molar-refractivity contribution in [1.82, 2.24) is 19.1 Å². The predicted molar refractivity (Wildman–Crippen MR) is 258 cm³/mol. The third-order valence-electron chi connectivity index (χ3n) is 13.4. The molecule has 1 aliphatic rings. The van der Waals surface area contributed by atoms with Crippen molar-refractivity contribution >= 4 is 118 Å². The molecule has 0 radical (unpaired) electrons. The zero-order chi connectivity index (χ0) is 39.5. The molecule has 0 atom stereocenters. The van der Waals surface area contributed by atoms with Gasteiger partial charge in [0, 0.05) is 63.7 Å². The van der Waals surface area contributed by atoms with Gasteiger partial charge >= 0.3 is 0 Å². The molecule has 0 spiro atoms. The Bertz CT molecular complexity index is 4280. The number of thiophene rings is 1. The van der Waals surface area contributed by atoms with Crippen LogP contribution >= 0.6 is 11.3 Å². The van der Waals surface area contributed by atoms with Crippen molar-refractivity contribution in [2.45, 2.75) is 0 Å². The molecule has 10 aromatic carbocycles. The highest BCUT2D eigenvalue weighted by atomic mass is 32.1. The van der Waals surface area contributed by atoms with Crippen LogP contribution in [0.1, 0.15) is 0 Å². The second-order valence-electron chi connectivity index (χ2n) is 16.4. The highest BCUT2D eigenvalue weighted by Gasteiger charge is 2.28. The van der Waals surface area contributed by atoms with E-state index in [0.717, 1.165) is 61.1 Å². The van der Waals surface area contributed by atoms with Crippen LogP contribution in [0.4, 0.5) is 0 Å². The van der Waals surface area contributed by atoms with E-state index in [0.29, 0.717) is 0 Å². The zero-order valence-electron chi connectivity index (χ0n) is 32.5. The van der Waals surface area contributed by atoms with Crippen molar-refractivity contribution in [2.75, 3.05) is 0 Å². The van der Waals surface area contributed by atoms with E-state index in [2.05, 4.69) is 191 Å². The Labute approximate surface area is 351 Å². The van der Waals surface area contributed by atoms with Crippen LogP contribution in [-0.2, 0) is 0 Å². The summed E-state index contributed by atoms with van der Waals surface area (Å²) >= 11 is 1.89. The SMILES string of the molecule is c1ccc(-n2c3ccccc3c3ccc(-c4nc5c6ccccc6c6ccccc6c5nc4-n4c5ccc6cccc7c6c5c5c6c(ccc54)sc4cccc-7c46)cc32)cc1. The van der Waals surface area contributed by atoms with Gasteiger partial charge in [0.05, 0.1) is 33.1 Å².